The maximum Gasteiger partial charge on any atom is 0.254 e. The summed E-state index contributed by atoms with van der Waals surface area (Å²) in [5, 5.41) is 9.91. The van der Waals surface area contributed by atoms with Gasteiger partial charge in [0.15, 0.2) is 11.5 Å². The molecule has 2 aromatic rings. The molecule has 0 unspecified atom stereocenters. The molecule has 3 rings (SSSR count). The molecule has 29 heavy (non-hydrogen) atoms. The Kier molecular flexibility index (Phi) is 6.61. The number of hydrogen-bond donors (Lipinski definition) is 1. The van der Waals surface area contributed by atoms with Crippen molar-refractivity contribution in [3.05, 3.63) is 53.1 Å². The van der Waals surface area contributed by atoms with Gasteiger partial charge in [-0.3, -0.25) is 4.79 Å². The lowest BCUT2D eigenvalue weighted by Crippen LogP contribution is -2.49. The quantitative estimate of drug-likeness (QED) is 0.802. The molecule has 7 heteroatoms. The Bertz CT molecular complexity index is 868. The normalized spacial score (nSPS) is 19.0. The average molecular weight is 401 g/mol. The minimum absolute atomic E-state index is 0.119. The van der Waals surface area contributed by atoms with Crippen LogP contribution in [-0.4, -0.2) is 63.1 Å². The molecule has 0 spiro atoms. The van der Waals surface area contributed by atoms with Crippen LogP contribution >= 0.6 is 0 Å². The van der Waals surface area contributed by atoms with Gasteiger partial charge in [-0.25, -0.2) is 0 Å². The average Bonchev–Trinajstić information content (AvgIpc) is 2.77. The van der Waals surface area contributed by atoms with Crippen molar-refractivity contribution in [1.29, 1.82) is 0 Å². The molecule has 0 aromatic heterocycles. The predicted molar refractivity (Wildman–Crippen MR) is 108 cm³/mol. The highest BCUT2D eigenvalue weighted by Crippen LogP contribution is 2.36. The highest BCUT2D eigenvalue weighted by molar-refractivity contribution is 5.96. The molecule has 0 bridgehead atoms. The maximum atomic E-state index is 13.4. The SMILES string of the molecule is COc1ccc(C(=O)N2CCO[C@H](CO)[C@H]2c2ccc(OC)c(OC)c2)c(C)c1. The molecule has 1 N–H and O–H groups in total. The van der Waals surface area contributed by atoms with Gasteiger partial charge in [0.2, 0.25) is 0 Å². The van der Waals surface area contributed by atoms with Crippen LogP contribution in [0.5, 0.6) is 17.2 Å². The summed E-state index contributed by atoms with van der Waals surface area (Å²) in [6, 6.07) is 10.4. The standard InChI is InChI=1S/C22H27NO6/c1-14-11-16(26-2)6-7-17(14)22(25)23-9-10-29-20(13-24)21(23)15-5-8-18(27-3)19(12-15)28-4/h5-8,11-12,20-21,24H,9-10,13H2,1-4H3/t20-,21-/m1/s1. The third-order valence-electron chi connectivity index (χ3n) is 5.21. The molecule has 2 aromatic carbocycles. The van der Waals surface area contributed by atoms with E-state index in [2.05, 4.69) is 0 Å². The van der Waals surface area contributed by atoms with Crippen LogP contribution in [0.1, 0.15) is 27.5 Å². The zero-order chi connectivity index (χ0) is 21.0. The van der Waals surface area contributed by atoms with E-state index in [9.17, 15) is 9.90 Å². The van der Waals surface area contributed by atoms with Crippen LogP contribution in [0.15, 0.2) is 36.4 Å². The molecule has 7 nitrogen and oxygen atoms in total. The van der Waals surface area contributed by atoms with Crippen LogP contribution in [0.2, 0.25) is 0 Å². The van der Waals surface area contributed by atoms with Crippen molar-refractivity contribution in [2.24, 2.45) is 0 Å². The monoisotopic (exact) mass is 401 g/mol. The smallest absolute Gasteiger partial charge is 0.254 e. The van der Waals surface area contributed by atoms with E-state index in [1.54, 1.807) is 44.4 Å². The van der Waals surface area contributed by atoms with E-state index in [0.29, 0.717) is 36.0 Å². The lowest BCUT2D eigenvalue weighted by atomic mass is 9.96. The van der Waals surface area contributed by atoms with Crippen LogP contribution in [0, 0.1) is 6.92 Å². The largest absolute Gasteiger partial charge is 0.497 e. The Balaban J connectivity index is 2.01. The number of carbonyl (C=O) groups excluding carboxylic acids is 1. The second kappa shape index (κ2) is 9.15. The minimum atomic E-state index is -0.538. The third kappa shape index (κ3) is 4.16. The van der Waals surface area contributed by atoms with E-state index in [4.69, 9.17) is 18.9 Å². The molecule has 0 radical (unpaired) electrons. The van der Waals surface area contributed by atoms with E-state index in [-0.39, 0.29) is 12.5 Å². The molecule has 1 aliphatic rings. The molecule has 0 saturated carbocycles. The summed E-state index contributed by atoms with van der Waals surface area (Å²) in [4.78, 5) is 15.2. The van der Waals surface area contributed by atoms with Crippen molar-refractivity contribution in [1.82, 2.24) is 4.90 Å². The number of aryl methyl sites for hydroxylation is 1. The van der Waals surface area contributed by atoms with Crippen molar-refractivity contribution in [2.45, 2.75) is 19.1 Å². The summed E-state index contributed by atoms with van der Waals surface area (Å²) in [5.74, 6) is 1.73. The predicted octanol–water partition coefficient (Wildman–Crippen LogP) is 2.60. The first-order valence-corrected chi connectivity index (χ1v) is 9.44. The van der Waals surface area contributed by atoms with E-state index in [1.807, 2.05) is 25.1 Å². The molecule has 0 aliphatic carbocycles. The molecule has 1 aliphatic heterocycles. The van der Waals surface area contributed by atoms with Crippen molar-refractivity contribution < 1.29 is 28.8 Å². The molecule has 1 heterocycles. The fourth-order valence-electron chi connectivity index (χ4n) is 3.70. The number of carbonyl (C=O) groups is 1. The van der Waals surface area contributed by atoms with Crippen LogP contribution in [0.25, 0.3) is 0 Å². The first kappa shape index (κ1) is 21.0. The van der Waals surface area contributed by atoms with Gasteiger partial charge in [-0.1, -0.05) is 6.07 Å². The topological polar surface area (TPSA) is 77.5 Å². The summed E-state index contributed by atoms with van der Waals surface area (Å²) in [6.45, 7) is 2.45. The van der Waals surface area contributed by atoms with Gasteiger partial charge in [0.05, 0.1) is 40.6 Å². The lowest BCUT2D eigenvalue weighted by Gasteiger charge is -2.41. The van der Waals surface area contributed by atoms with Gasteiger partial charge in [-0.15, -0.1) is 0 Å². The van der Waals surface area contributed by atoms with Gasteiger partial charge in [-0.2, -0.15) is 0 Å². The second-order valence-corrected chi connectivity index (χ2v) is 6.83. The van der Waals surface area contributed by atoms with Crippen LogP contribution in [-0.2, 0) is 4.74 Å². The Hall–Kier alpha value is -2.77. The third-order valence-corrected chi connectivity index (χ3v) is 5.21. The molecule has 2 atom stereocenters. The minimum Gasteiger partial charge on any atom is -0.497 e. The molecule has 156 valence electrons. The highest BCUT2D eigenvalue weighted by Gasteiger charge is 2.37. The van der Waals surface area contributed by atoms with Crippen LogP contribution < -0.4 is 14.2 Å². The number of amides is 1. The summed E-state index contributed by atoms with van der Waals surface area (Å²) in [5.41, 5.74) is 2.23. The van der Waals surface area contributed by atoms with E-state index >= 15 is 0 Å². The van der Waals surface area contributed by atoms with Crippen molar-refractivity contribution in [3.63, 3.8) is 0 Å². The van der Waals surface area contributed by atoms with Crippen molar-refractivity contribution >= 4 is 5.91 Å². The van der Waals surface area contributed by atoms with E-state index < -0.39 is 12.1 Å². The van der Waals surface area contributed by atoms with Gasteiger partial charge < -0.3 is 29.0 Å². The number of ether oxygens (including phenoxy) is 4. The molecule has 1 saturated heterocycles. The Morgan fingerprint density at radius 3 is 2.48 bits per heavy atom. The number of morpholine rings is 1. The summed E-state index contributed by atoms with van der Waals surface area (Å²) >= 11 is 0. The fourth-order valence-corrected chi connectivity index (χ4v) is 3.70. The van der Waals surface area contributed by atoms with E-state index in [0.717, 1.165) is 11.1 Å². The molecular formula is C22H27NO6. The zero-order valence-electron chi connectivity index (χ0n) is 17.2. The van der Waals surface area contributed by atoms with Gasteiger partial charge in [0.25, 0.3) is 5.91 Å². The number of nitrogens with zero attached hydrogens (tertiary/aromatic N) is 1. The number of rotatable bonds is 6. The zero-order valence-corrected chi connectivity index (χ0v) is 17.2. The first-order chi connectivity index (χ1) is 14.0. The number of aliphatic hydroxyl groups is 1. The Labute approximate surface area is 170 Å². The Morgan fingerprint density at radius 2 is 1.86 bits per heavy atom. The summed E-state index contributed by atoms with van der Waals surface area (Å²) in [6.07, 6.45) is -0.538. The van der Waals surface area contributed by atoms with Crippen molar-refractivity contribution in [2.75, 3.05) is 41.1 Å². The first-order valence-electron chi connectivity index (χ1n) is 9.44. The number of hydrogen-bond acceptors (Lipinski definition) is 6. The number of methoxy groups -OCH3 is 3. The van der Waals surface area contributed by atoms with Crippen LogP contribution in [0.4, 0.5) is 0 Å². The highest BCUT2D eigenvalue weighted by atomic mass is 16.5. The van der Waals surface area contributed by atoms with Gasteiger partial charge in [-0.05, 0) is 48.4 Å². The number of benzene rings is 2. The summed E-state index contributed by atoms with van der Waals surface area (Å²) in [7, 11) is 4.73. The second-order valence-electron chi connectivity index (χ2n) is 6.83. The maximum absolute atomic E-state index is 13.4. The van der Waals surface area contributed by atoms with Gasteiger partial charge >= 0.3 is 0 Å². The molecular weight excluding hydrogens is 374 g/mol. The molecule has 1 fully saturated rings. The van der Waals surface area contributed by atoms with Gasteiger partial charge in [0, 0.05) is 12.1 Å². The Morgan fingerprint density at radius 1 is 1.10 bits per heavy atom. The van der Waals surface area contributed by atoms with Gasteiger partial charge in [0.1, 0.15) is 11.9 Å². The lowest BCUT2D eigenvalue weighted by molar-refractivity contribution is -0.0812. The van der Waals surface area contributed by atoms with Crippen LogP contribution in [0.3, 0.4) is 0 Å². The molecule has 1 amide bonds. The summed E-state index contributed by atoms with van der Waals surface area (Å²) < 4.78 is 21.7. The van der Waals surface area contributed by atoms with Crippen molar-refractivity contribution in [3.8, 4) is 17.2 Å². The van der Waals surface area contributed by atoms with E-state index in [1.165, 1.54) is 0 Å². The number of aliphatic hydroxyl groups excluding tert-OH is 1. The fraction of sp³-hybridized carbons (Fsp3) is 0.409.